The normalized spacial score (nSPS) is 12.0. The first kappa shape index (κ1) is 23.5. The summed E-state index contributed by atoms with van der Waals surface area (Å²) in [5, 5.41) is 7.42. The zero-order valence-corrected chi connectivity index (χ0v) is 19.2. The predicted molar refractivity (Wildman–Crippen MR) is 128 cm³/mol. The quantitative estimate of drug-likeness (QED) is 0.417. The van der Waals surface area contributed by atoms with Crippen molar-refractivity contribution in [2.24, 2.45) is 0 Å². The van der Waals surface area contributed by atoms with Crippen LogP contribution >= 0.6 is 11.3 Å². The van der Waals surface area contributed by atoms with Crippen molar-refractivity contribution in [3.63, 3.8) is 0 Å². The van der Waals surface area contributed by atoms with Gasteiger partial charge in [-0.15, -0.1) is 11.3 Å². The number of anilines is 2. The van der Waals surface area contributed by atoms with Crippen LogP contribution in [0.1, 0.15) is 28.6 Å². The van der Waals surface area contributed by atoms with Crippen LogP contribution in [0.2, 0.25) is 0 Å². The molecule has 0 spiro atoms. The smallest absolute Gasteiger partial charge is 0.262 e. The molecule has 3 aromatic rings. The van der Waals surface area contributed by atoms with Gasteiger partial charge in [0.15, 0.2) is 0 Å². The fraction of sp³-hybridized carbons (Fsp3) is 0.217. The van der Waals surface area contributed by atoms with Crippen LogP contribution in [0, 0.1) is 0 Å². The molecule has 0 aliphatic heterocycles. The van der Waals surface area contributed by atoms with Crippen LogP contribution < -0.4 is 15.4 Å². The highest BCUT2D eigenvalue weighted by atomic mass is 32.2. The molecule has 0 aliphatic carbocycles. The maximum atomic E-state index is 13.0. The van der Waals surface area contributed by atoms with Gasteiger partial charge < -0.3 is 10.6 Å². The van der Waals surface area contributed by atoms with Crippen molar-refractivity contribution >= 4 is 44.5 Å². The summed E-state index contributed by atoms with van der Waals surface area (Å²) in [4.78, 5) is 26.1. The summed E-state index contributed by atoms with van der Waals surface area (Å²) in [6, 6.07) is 18.5. The third-order valence-corrected chi connectivity index (χ3v) is 6.91. The molecule has 168 valence electrons. The lowest BCUT2D eigenvalue weighted by Crippen LogP contribution is -2.45. The number of hydrogen-bond acceptors (Lipinski definition) is 5. The summed E-state index contributed by atoms with van der Waals surface area (Å²) in [5.74, 6) is -0.633. The Morgan fingerprint density at radius 3 is 2.25 bits per heavy atom. The Bertz CT molecular complexity index is 1130. The molecule has 1 aromatic heterocycles. The summed E-state index contributed by atoms with van der Waals surface area (Å²) >= 11 is 1.30. The number of carbonyl (C=O) groups excluding carboxylic acids is 2. The van der Waals surface area contributed by atoms with Crippen molar-refractivity contribution in [2.45, 2.75) is 25.8 Å². The number of hydrogen-bond donors (Lipinski definition) is 3. The van der Waals surface area contributed by atoms with Gasteiger partial charge in [-0.3, -0.25) is 14.3 Å². The van der Waals surface area contributed by atoms with E-state index in [1.165, 1.54) is 11.3 Å². The molecule has 1 unspecified atom stereocenters. The fourth-order valence-electron chi connectivity index (χ4n) is 3.05. The molecule has 0 radical (unpaired) electrons. The average Bonchev–Trinajstić information content (AvgIpc) is 3.30. The molecule has 1 heterocycles. The molecule has 3 N–H and O–H groups in total. The maximum Gasteiger partial charge on any atom is 0.262 e. The number of rotatable bonds is 10. The Morgan fingerprint density at radius 2 is 1.62 bits per heavy atom. The van der Waals surface area contributed by atoms with E-state index < -0.39 is 16.1 Å². The van der Waals surface area contributed by atoms with Crippen molar-refractivity contribution < 1.29 is 18.0 Å². The number of sulfonamides is 1. The highest BCUT2D eigenvalue weighted by Gasteiger charge is 2.22. The van der Waals surface area contributed by atoms with Gasteiger partial charge in [0.25, 0.3) is 5.91 Å². The van der Waals surface area contributed by atoms with Crippen LogP contribution in [-0.2, 0) is 21.2 Å². The van der Waals surface area contributed by atoms with E-state index in [1.54, 1.807) is 48.7 Å². The molecule has 0 saturated carbocycles. The summed E-state index contributed by atoms with van der Waals surface area (Å²) in [5.41, 5.74) is 1.83. The minimum Gasteiger partial charge on any atom is -0.339 e. The van der Waals surface area contributed by atoms with Crippen molar-refractivity contribution in [3.05, 3.63) is 82.6 Å². The Balaban J connectivity index is 1.70. The highest BCUT2D eigenvalue weighted by Crippen LogP contribution is 2.16. The van der Waals surface area contributed by atoms with E-state index in [0.29, 0.717) is 29.1 Å². The molecule has 0 fully saturated rings. The monoisotopic (exact) mass is 471 g/mol. The third kappa shape index (κ3) is 6.93. The van der Waals surface area contributed by atoms with Crippen LogP contribution in [0.3, 0.4) is 0 Å². The minimum atomic E-state index is -3.39. The molecule has 9 heteroatoms. The lowest BCUT2D eigenvalue weighted by atomic mass is 10.0. The SMILES string of the molecule is CCCS(=O)(=O)Nc1ccc(NC(=O)C(Cc2ccccc2)NC(=O)c2cccs2)cc1. The maximum absolute atomic E-state index is 13.0. The largest absolute Gasteiger partial charge is 0.339 e. The highest BCUT2D eigenvalue weighted by molar-refractivity contribution is 7.92. The zero-order chi connectivity index (χ0) is 23.0. The van der Waals surface area contributed by atoms with E-state index in [-0.39, 0.29) is 17.6 Å². The molecule has 0 aliphatic rings. The first-order chi connectivity index (χ1) is 15.4. The standard InChI is InChI=1S/C23H25N3O4S2/c1-2-15-32(29,30)26-19-12-10-18(11-13-19)24-22(27)20(16-17-7-4-3-5-8-17)25-23(28)21-9-6-14-31-21/h3-14,20,26H,2,15-16H2,1H3,(H,24,27)(H,25,28). The molecular weight excluding hydrogens is 446 g/mol. The number of benzene rings is 2. The Hall–Kier alpha value is -3.17. The van der Waals surface area contributed by atoms with Crippen molar-refractivity contribution in [2.75, 3.05) is 15.8 Å². The molecule has 32 heavy (non-hydrogen) atoms. The number of nitrogens with one attached hydrogen (secondary N) is 3. The van der Waals surface area contributed by atoms with Crippen molar-refractivity contribution in [1.29, 1.82) is 0 Å². The van der Waals surface area contributed by atoms with E-state index in [4.69, 9.17) is 0 Å². The summed E-state index contributed by atoms with van der Waals surface area (Å²) in [6.45, 7) is 1.79. The van der Waals surface area contributed by atoms with Gasteiger partial charge in [-0.1, -0.05) is 43.3 Å². The minimum absolute atomic E-state index is 0.0383. The van der Waals surface area contributed by atoms with Gasteiger partial charge >= 0.3 is 0 Å². The molecule has 0 bridgehead atoms. The van der Waals surface area contributed by atoms with Crippen LogP contribution in [0.25, 0.3) is 0 Å². The van der Waals surface area contributed by atoms with Crippen molar-refractivity contribution in [1.82, 2.24) is 5.32 Å². The van der Waals surface area contributed by atoms with E-state index in [9.17, 15) is 18.0 Å². The van der Waals surface area contributed by atoms with Gasteiger partial charge in [0.1, 0.15) is 6.04 Å². The number of carbonyl (C=O) groups is 2. The van der Waals surface area contributed by atoms with Crippen LogP contribution in [0.15, 0.2) is 72.1 Å². The van der Waals surface area contributed by atoms with Gasteiger partial charge in [-0.2, -0.15) is 0 Å². The molecule has 1 atom stereocenters. The first-order valence-electron chi connectivity index (χ1n) is 10.2. The van der Waals surface area contributed by atoms with Crippen LogP contribution in [0.4, 0.5) is 11.4 Å². The molecule has 7 nitrogen and oxygen atoms in total. The molecule has 3 rings (SSSR count). The van der Waals surface area contributed by atoms with E-state index >= 15 is 0 Å². The zero-order valence-electron chi connectivity index (χ0n) is 17.6. The van der Waals surface area contributed by atoms with E-state index in [0.717, 1.165) is 5.56 Å². The first-order valence-corrected chi connectivity index (χ1v) is 12.7. The van der Waals surface area contributed by atoms with E-state index in [1.807, 2.05) is 30.3 Å². The lowest BCUT2D eigenvalue weighted by Gasteiger charge is -2.18. The third-order valence-electron chi connectivity index (χ3n) is 4.55. The molecular formula is C23H25N3O4S2. The Labute approximate surface area is 191 Å². The second kappa shape index (κ2) is 10.9. The average molecular weight is 472 g/mol. The van der Waals surface area contributed by atoms with Gasteiger partial charge in [0, 0.05) is 17.8 Å². The lowest BCUT2D eigenvalue weighted by molar-refractivity contribution is -0.118. The van der Waals surface area contributed by atoms with Crippen molar-refractivity contribution in [3.8, 4) is 0 Å². The van der Waals surface area contributed by atoms with Gasteiger partial charge in [0.05, 0.1) is 10.6 Å². The molecule has 2 amide bonds. The number of thiophene rings is 1. The number of amides is 2. The predicted octanol–water partition coefficient (Wildman–Crippen LogP) is 3.88. The second-order valence-electron chi connectivity index (χ2n) is 7.18. The van der Waals surface area contributed by atoms with Gasteiger partial charge in [-0.25, -0.2) is 8.42 Å². The van der Waals surface area contributed by atoms with Crippen LogP contribution in [0.5, 0.6) is 0 Å². The summed E-state index contributed by atoms with van der Waals surface area (Å²) in [7, 11) is -3.39. The molecule has 2 aromatic carbocycles. The Morgan fingerprint density at radius 1 is 0.938 bits per heavy atom. The fourth-order valence-corrected chi connectivity index (χ4v) is 4.81. The topological polar surface area (TPSA) is 104 Å². The van der Waals surface area contributed by atoms with E-state index in [2.05, 4.69) is 15.4 Å². The van der Waals surface area contributed by atoms with Gasteiger partial charge in [-0.05, 0) is 47.7 Å². The van der Waals surface area contributed by atoms with Gasteiger partial charge in [0.2, 0.25) is 15.9 Å². The second-order valence-corrected chi connectivity index (χ2v) is 9.97. The summed E-state index contributed by atoms with van der Waals surface area (Å²) in [6.07, 6.45) is 0.849. The Kier molecular flexibility index (Phi) is 8.02. The molecule has 0 saturated heterocycles. The van der Waals surface area contributed by atoms with Crippen LogP contribution in [-0.4, -0.2) is 32.0 Å². The summed E-state index contributed by atoms with van der Waals surface area (Å²) < 4.78 is 26.3.